The van der Waals surface area contributed by atoms with Crippen molar-refractivity contribution in [2.45, 2.75) is 146 Å². The third kappa shape index (κ3) is 7.71. The van der Waals surface area contributed by atoms with Crippen molar-refractivity contribution in [3.63, 3.8) is 0 Å². The summed E-state index contributed by atoms with van der Waals surface area (Å²) in [5, 5.41) is 7.29. The lowest BCUT2D eigenvalue weighted by Gasteiger charge is -2.37. The molecule has 0 aliphatic heterocycles. The topological polar surface area (TPSA) is 79.4 Å². The summed E-state index contributed by atoms with van der Waals surface area (Å²) in [6, 6.07) is 5.81. The highest BCUT2D eigenvalue weighted by Gasteiger charge is 2.34. The summed E-state index contributed by atoms with van der Waals surface area (Å²) in [6.45, 7) is 8.36. The monoisotopic (exact) mass is 470 g/mol. The van der Waals surface area contributed by atoms with E-state index in [1.54, 1.807) is 0 Å². The standard InChI is InChI=1S/C28H46N4O2/c1-4-21-13-7-8-14-22(21)31-20-32-24-16-10-12-18-28(24)34-26(6-3)25(5-2)33-27-17-11-9-15-23(27)30-19-29/h4,21-29H,1,5-18H2,2-3H3. The zero-order valence-electron chi connectivity index (χ0n) is 21.5. The van der Waals surface area contributed by atoms with Gasteiger partial charge in [-0.25, -0.2) is 20.4 Å². The first-order valence-corrected chi connectivity index (χ1v) is 13.9. The number of rotatable bonds is 11. The minimum absolute atomic E-state index is 0.0346. The fourth-order valence-electron chi connectivity index (χ4n) is 5.95. The Labute approximate surface area is 206 Å². The molecular weight excluding hydrogens is 424 g/mol. The molecule has 6 nitrogen and oxygen atoms in total. The molecule has 0 bridgehead atoms. The van der Waals surface area contributed by atoms with E-state index in [9.17, 15) is 0 Å². The number of hydrogen-bond acceptors (Lipinski definition) is 6. The van der Waals surface area contributed by atoms with Gasteiger partial charge < -0.3 is 9.47 Å². The molecule has 0 aromatic rings. The molecule has 3 aliphatic carbocycles. The van der Waals surface area contributed by atoms with Crippen molar-refractivity contribution in [2.24, 2.45) is 20.9 Å². The predicted molar refractivity (Wildman–Crippen MR) is 138 cm³/mol. The Bertz CT molecular complexity index is 728. The van der Waals surface area contributed by atoms with Gasteiger partial charge in [0.2, 0.25) is 0 Å². The van der Waals surface area contributed by atoms with Crippen LogP contribution < -0.4 is 0 Å². The van der Waals surface area contributed by atoms with Crippen LogP contribution in [-0.4, -0.2) is 54.6 Å². The fourth-order valence-corrected chi connectivity index (χ4v) is 5.95. The van der Waals surface area contributed by atoms with Crippen molar-refractivity contribution in [1.29, 1.82) is 5.41 Å². The molecule has 190 valence electrons. The van der Waals surface area contributed by atoms with Crippen LogP contribution in [0.25, 0.3) is 0 Å². The van der Waals surface area contributed by atoms with Gasteiger partial charge in [-0.15, -0.1) is 6.58 Å². The molecule has 0 amide bonds. The number of nitrogens with one attached hydrogen (secondary N) is 1. The van der Waals surface area contributed by atoms with Crippen LogP contribution >= 0.6 is 0 Å². The first-order chi connectivity index (χ1) is 16.7. The average Bonchev–Trinajstić information content (AvgIpc) is 2.88. The fraction of sp³-hybridized carbons (Fsp3) is 0.857. The molecular formula is C28H46N4O2. The van der Waals surface area contributed by atoms with E-state index >= 15 is 0 Å². The minimum Gasteiger partial charge on any atom is -0.370 e. The van der Waals surface area contributed by atoms with Gasteiger partial charge >= 0.3 is 0 Å². The smallest absolute Gasteiger partial charge is 0.0899 e. The van der Waals surface area contributed by atoms with Crippen LogP contribution in [-0.2, 0) is 9.47 Å². The molecule has 34 heavy (non-hydrogen) atoms. The van der Waals surface area contributed by atoms with Crippen molar-refractivity contribution >= 4 is 12.0 Å². The average molecular weight is 471 g/mol. The molecule has 3 aliphatic rings. The second-order valence-corrected chi connectivity index (χ2v) is 10.3. The van der Waals surface area contributed by atoms with Gasteiger partial charge in [-0.1, -0.05) is 58.4 Å². The third-order valence-corrected chi connectivity index (χ3v) is 8.02. The minimum atomic E-state index is 0.0346. The van der Waals surface area contributed by atoms with E-state index in [1.807, 2.05) is 0 Å². The number of nitrogens with zero attached hydrogens (tertiary/aromatic N) is 3. The second kappa shape index (κ2) is 14.7. The van der Waals surface area contributed by atoms with Crippen molar-refractivity contribution in [3.8, 4) is 0 Å². The van der Waals surface area contributed by atoms with Gasteiger partial charge in [0.1, 0.15) is 0 Å². The van der Waals surface area contributed by atoms with Crippen LogP contribution in [0.4, 0.5) is 0 Å². The van der Waals surface area contributed by atoms with Crippen LogP contribution in [0.5, 0.6) is 0 Å². The lowest BCUT2D eigenvalue weighted by Crippen LogP contribution is -2.43. The maximum absolute atomic E-state index is 7.29. The highest BCUT2D eigenvalue weighted by molar-refractivity contribution is 5.42. The van der Waals surface area contributed by atoms with Crippen LogP contribution in [0.15, 0.2) is 27.6 Å². The molecule has 3 saturated carbocycles. The zero-order valence-corrected chi connectivity index (χ0v) is 21.5. The quantitative estimate of drug-likeness (QED) is 0.264. The molecule has 0 aromatic carbocycles. The molecule has 3 fully saturated rings. The second-order valence-electron chi connectivity index (χ2n) is 10.3. The van der Waals surface area contributed by atoms with Crippen LogP contribution in [0.1, 0.15) is 104 Å². The maximum atomic E-state index is 7.29. The molecule has 0 saturated heterocycles. The van der Waals surface area contributed by atoms with Gasteiger partial charge in [0.15, 0.2) is 0 Å². The Morgan fingerprint density at radius 2 is 1.24 bits per heavy atom. The van der Waals surface area contributed by atoms with E-state index in [2.05, 4.69) is 43.5 Å². The van der Waals surface area contributed by atoms with Gasteiger partial charge in [-0.3, -0.25) is 0 Å². The van der Waals surface area contributed by atoms with E-state index in [0.29, 0.717) is 5.92 Å². The van der Waals surface area contributed by atoms with Crippen molar-refractivity contribution in [3.05, 3.63) is 12.7 Å². The van der Waals surface area contributed by atoms with Crippen molar-refractivity contribution in [2.75, 3.05) is 0 Å². The summed E-state index contributed by atoms with van der Waals surface area (Å²) < 4.78 is 13.3. The molecule has 6 heteroatoms. The van der Waals surface area contributed by atoms with Crippen molar-refractivity contribution < 1.29 is 9.47 Å². The van der Waals surface area contributed by atoms with Gasteiger partial charge in [0.05, 0.1) is 54.6 Å². The summed E-state index contributed by atoms with van der Waals surface area (Å²) in [4.78, 5) is 13.8. The Morgan fingerprint density at radius 1 is 0.765 bits per heavy atom. The molecule has 0 spiro atoms. The third-order valence-electron chi connectivity index (χ3n) is 8.02. The lowest BCUT2D eigenvalue weighted by molar-refractivity contribution is -0.142. The van der Waals surface area contributed by atoms with Crippen LogP contribution in [0, 0.1) is 11.3 Å². The van der Waals surface area contributed by atoms with Gasteiger partial charge in [0.25, 0.3) is 0 Å². The first-order valence-electron chi connectivity index (χ1n) is 13.9. The SMILES string of the molecule is C=CC1CCCCC1N=C=NC1CCCCC1OC(CC)C(CC)OC1CCCCC1N=C=N. The number of ether oxygens (including phenoxy) is 2. The van der Waals surface area contributed by atoms with Gasteiger partial charge in [0, 0.05) is 0 Å². The number of hydrogen-bond donors (Lipinski definition) is 1. The predicted octanol–water partition coefficient (Wildman–Crippen LogP) is 6.87. The highest BCUT2D eigenvalue weighted by Crippen LogP contribution is 2.31. The Balaban J connectivity index is 1.64. The Kier molecular flexibility index (Phi) is 11.7. The molecule has 8 unspecified atom stereocenters. The Hall–Kier alpha value is -1.58. The van der Waals surface area contributed by atoms with Crippen LogP contribution in [0.3, 0.4) is 0 Å². The molecule has 0 radical (unpaired) electrons. The van der Waals surface area contributed by atoms with Crippen LogP contribution in [0.2, 0.25) is 0 Å². The summed E-state index contributed by atoms with van der Waals surface area (Å²) in [7, 11) is 0. The van der Waals surface area contributed by atoms with E-state index in [0.717, 1.165) is 57.8 Å². The normalized spacial score (nSPS) is 33.6. The summed E-state index contributed by atoms with van der Waals surface area (Å²) in [5.74, 6) is 0.461. The zero-order chi connectivity index (χ0) is 24.2. The summed E-state index contributed by atoms with van der Waals surface area (Å²) in [5.41, 5.74) is 0. The lowest BCUT2D eigenvalue weighted by atomic mass is 9.85. The molecule has 3 rings (SSSR count). The molecule has 8 atom stereocenters. The highest BCUT2D eigenvalue weighted by atomic mass is 16.6. The largest absolute Gasteiger partial charge is 0.370 e. The van der Waals surface area contributed by atoms with Gasteiger partial charge in [-0.2, -0.15) is 0 Å². The molecule has 0 heterocycles. The van der Waals surface area contributed by atoms with E-state index in [1.165, 1.54) is 32.1 Å². The molecule has 0 aromatic heterocycles. The maximum Gasteiger partial charge on any atom is 0.0899 e. The first kappa shape index (κ1) is 27.0. The Morgan fingerprint density at radius 3 is 1.76 bits per heavy atom. The van der Waals surface area contributed by atoms with E-state index in [-0.39, 0.29) is 42.5 Å². The van der Waals surface area contributed by atoms with Crippen molar-refractivity contribution in [1.82, 2.24) is 0 Å². The number of aliphatic imine (C=N–C) groups is 3. The summed E-state index contributed by atoms with van der Waals surface area (Å²) >= 11 is 0. The van der Waals surface area contributed by atoms with Gasteiger partial charge in [-0.05, 0) is 57.3 Å². The van der Waals surface area contributed by atoms with E-state index in [4.69, 9.17) is 24.9 Å². The summed E-state index contributed by atoms with van der Waals surface area (Å²) in [6.07, 6.45) is 17.6. The molecule has 1 N–H and O–H groups in total. The van der Waals surface area contributed by atoms with E-state index < -0.39 is 0 Å².